The summed E-state index contributed by atoms with van der Waals surface area (Å²) in [6, 6.07) is 13.3. The molecule has 5 nitrogen and oxygen atoms in total. The van der Waals surface area contributed by atoms with Crippen LogP contribution in [-0.2, 0) is 0 Å². The highest BCUT2D eigenvalue weighted by atomic mass is 19.1. The van der Waals surface area contributed by atoms with Crippen molar-refractivity contribution < 1.29 is 18.4 Å². The van der Waals surface area contributed by atoms with Gasteiger partial charge in [-0.2, -0.15) is 0 Å². The fraction of sp³-hybridized carbons (Fsp3) is 0.409. The van der Waals surface area contributed by atoms with Gasteiger partial charge >= 0.3 is 0 Å². The number of para-hydroxylation sites is 1. The Morgan fingerprint density at radius 3 is 2.96 bits per heavy atom. The van der Waals surface area contributed by atoms with Crippen molar-refractivity contribution in [3.63, 3.8) is 0 Å². The summed E-state index contributed by atoms with van der Waals surface area (Å²) in [4.78, 5) is 2.45. The summed E-state index contributed by atoms with van der Waals surface area (Å²) >= 11 is 0. The zero-order chi connectivity index (χ0) is 19.3. The van der Waals surface area contributed by atoms with E-state index in [-0.39, 0.29) is 5.82 Å². The lowest BCUT2D eigenvalue weighted by molar-refractivity contribution is 0.189. The van der Waals surface area contributed by atoms with E-state index in [9.17, 15) is 4.39 Å². The summed E-state index contributed by atoms with van der Waals surface area (Å²) in [5.74, 6) is 1.45. The van der Waals surface area contributed by atoms with Crippen LogP contribution in [0, 0.1) is 11.9 Å². The summed E-state index contributed by atoms with van der Waals surface area (Å²) in [7, 11) is 1.63. The van der Waals surface area contributed by atoms with E-state index in [1.54, 1.807) is 13.2 Å². The standard InChI is InChI=1S/C22H24FN2O3/c1-26-19-5-2-3-6-20(19)27-14-4-11-25-12-9-16(10-13-25)22-18-8-7-17(23)15-21(18)28-24-22/h2-3,5,7-8,15-16H,4,9-14H2,1H3. The topological polar surface area (TPSA) is 47.7 Å². The maximum atomic E-state index is 13.3. The molecule has 0 saturated carbocycles. The number of benzene rings is 2. The molecule has 28 heavy (non-hydrogen) atoms. The van der Waals surface area contributed by atoms with Gasteiger partial charge in [0, 0.05) is 30.0 Å². The summed E-state index contributed by atoms with van der Waals surface area (Å²) in [5, 5.41) is 5.15. The number of nitrogens with zero attached hydrogens (tertiary/aromatic N) is 2. The molecule has 147 valence electrons. The van der Waals surface area contributed by atoms with Gasteiger partial charge in [0.05, 0.1) is 19.4 Å². The van der Waals surface area contributed by atoms with Gasteiger partial charge in [-0.15, -0.1) is 0 Å². The molecule has 0 unspecified atom stereocenters. The van der Waals surface area contributed by atoms with E-state index in [1.165, 1.54) is 12.1 Å². The van der Waals surface area contributed by atoms with Crippen LogP contribution in [-0.4, -0.2) is 43.4 Å². The van der Waals surface area contributed by atoms with Crippen molar-refractivity contribution in [1.82, 2.24) is 10.1 Å². The molecule has 1 aliphatic heterocycles. The molecule has 1 fully saturated rings. The second-order valence-electron chi connectivity index (χ2n) is 7.09. The molecule has 6 heteroatoms. The summed E-state index contributed by atoms with van der Waals surface area (Å²) in [6.45, 7) is 3.66. The van der Waals surface area contributed by atoms with Crippen molar-refractivity contribution in [3.8, 4) is 11.5 Å². The van der Waals surface area contributed by atoms with Gasteiger partial charge < -0.3 is 18.9 Å². The molecule has 0 aliphatic carbocycles. The third-order valence-corrected chi connectivity index (χ3v) is 5.30. The second kappa shape index (κ2) is 8.61. The Balaban J connectivity index is 1.24. The van der Waals surface area contributed by atoms with Crippen LogP contribution in [0.1, 0.15) is 30.9 Å². The molecular formula is C22H24FN2O3. The highest BCUT2D eigenvalue weighted by molar-refractivity contribution is 5.79. The molecule has 4 rings (SSSR count). The van der Waals surface area contributed by atoms with Crippen LogP contribution in [0.25, 0.3) is 11.0 Å². The Morgan fingerprint density at radius 1 is 1.29 bits per heavy atom. The first-order valence-corrected chi connectivity index (χ1v) is 9.69. The molecule has 0 amide bonds. The minimum atomic E-state index is -0.294. The highest BCUT2D eigenvalue weighted by Crippen LogP contribution is 2.32. The van der Waals surface area contributed by atoms with E-state index < -0.39 is 0 Å². The first-order valence-electron chi connectivity index (χ1n) is 9.69. The lowest BCUT2D eigenvalue weighted by Gasteiger charge is -2.31. The summed E-state index contributed by atoms with van der Waals surface area (Å²) in [5.41, 5.74) is 1.49. The molecule has 1 aromatic heterocycles. The second-order valence-corrected chi connectivity index (χ2v) is 7.09. The van der Waals surface area contributed by atoms with Crippen molar-refractivity contribution in [2.75, 3.05) is 33.4 Å². The number of ether oxygens (including phenoxy) is 2. The van der Waals surface area contributed by atoms with Crippen LogP contribution < -0.4 is 9.47 Å². The number of methoxy groups -OCH3 is 1. The van der Waals surface area contributed by atoms with E-state index in [1.807, 2.05) is 18.2 Å². The fourth-order valence-electron chi connectivity index (χ4n) is 3.80. The zero-order valence-electron chi connectivity index (χ0n) is 16.0. The molecule has 2 heterocycles. The van der Waals surface area contributed by atoms with Crippen LogP contribution in [0.5, 0.6) is 11.5 Å². The monoisotopic (exact) mass is 383 g/mol. The number of rotatable bonds is 7. The molecule has 0 N–H and O–H groups in total. The van der Waals surface area contributed by atoms with E-state index in [4.69, 9.17) is 14.0 Å². The maximum Gasteiger partial charge on any atom is 0.170 e. The number of aromatic nitrogens is 1. The Morgan fingerprint density at radius 2 is 2.14 bits per heavy atom. The molecule has 1 aliphatic rings. The number of halogens is 1. The van der Waals surface area contributed by atoms with E-state index in [2.05, 4.69) is 16.1 Å². The zero-order valence-corrected chi connectivity index (χ0v) is 16.0. The quantitative estimate of drug-likeness (QED) is 0.565. The van der Waals surface area contributed by atoms with Gasteiger partial charge in [-0.05, 0) is 50.6 Å². The average Bonchev–Trinajstić information content (AvgIpc) is 3.15. The number of likely N-dealkylation sites (tertiary alicyclic amines) is 1. The first-order chi connectivity index (χ1) is 13.7. The van der Waals surface area contributed by atoms with E-state index >= 15 is 0 Å². The van der Waals surface area contributed by atoms with Crippen LogP contribution >= 0.6 is 0 Å². The molecule has 0 atom stereocenters. The number of fused-ring (bicyclic) bond motifs is 1. The predicted molar refractivity (Wildman–Crippen MR) is 104 cm³/mol. The van der Waals surface area contributed by atoms with Crippen LogP contribution in [0.4, 0.5) is 4.39 Å². The van der Waals surface area contributed by atoms with Crippen molar-refractivity contribution >= 4 is 11.0 Å². The normalized spacial score (nSPS) is 15.8. The molecule has 1 radical (unpaired) electrons. The predicted octanol–water partition coefficient (Wildman–Crippen LogP) is 4.42. The summed E-state index contributed by atoms with van der Waals surface area (Å²) in [6.07, 6.45) is 3.00. The molecule has 0 bridgehead atoms. The van der Waals surface area contributed by atoms with E-state index in [0.29, 0.717) is 29.6 Å². The van der Waals surface area contributed by atoms with Gasteiger partial charge in [0.1, 0.15) is 5.82 Å². The Labute approximate surface area is 164 Å². The van der Waals surface area contributed by atoms with Gasteiger partial charge in [0.15, 0.2) is 17.1 Å². The van der Waals surface area contributed by atoms with E-state index in [0.717, 1.165) is 50.0 Å². The molecule has 0 spiro atoms. The largest absolute Gasteiger partial charge is 0.493 e. The van der Waals surface area contributed by atoms with Gasteiger partial charge in [0.25, 0.3) is 0 Å². The highest BCUT2D eigenvalue weighted by Gasteiger charge is 2.25. The van der Waals surface area contributed by atoms with Crippen LogP contribution in [0.3, 0.4) is 0 Å². The van der Waals surface area contributed by atoms with Gasteiger partial charge in [-0.3, -0.25) is 0 Å². The lowest BCUT2D eigenvalue weighted by Crippen LogP contribution is -2.34. The number of hydrogen-bond acceptors (Lipinski definition) is 5. The minimum Gasteiger partial charge on any atom is -0.493 e. The first kappa shape index (κ1) is 18.7. The third kappa shape index (κ3) is 4.12. The average molecular weight is 383 g/mol. The fourth-order valence-corrected chi connectivity index (χ4v) is 3.80. The smallest absolute Gasteiger partial charge is 0.170 e. The Bertz CT molecular complexity index is 919. The lowest BCUT2D eigenvalue weighted by atomic mass is 9.91. The summed E-state index contributed by atoms with van der Waals surface area (Å²) < 4.78 is 29.7. The molecule has 3 aromatic rings. The Kier molecular flexibility index (Phi) is 5.76. The van der Waals surface area contributed by atoms with Crippen molar-refractivity contribution in [2.24, 2.45) is 0 Å². The van der Waals surface area contributed by atoms with Gasteiger partial charge in [-0.1, -0.05) is 17.3 Å². The van der Waals surface area contributed by atoms with Crippen molar-refractivity contribution in [3.05, 3.63) is 54.0 Å². The molecule has 2 aromatic carbocycles. The maximum absolute atomic E-state index is 13.3. The third-order valence-electron chi connectivity index (χ3n) is 5.30. The minimum absolute atomic E-state index is 0.294. The number of piperidine rings is 1. The molecule has 1 saturated heterocycles. The van der Waals surface area contributed by atoms with Gasteiger partial charge in [0.2, 0.25) is 0 Å². The number of hydrogen-bond donors (Lipinski definition) is 0. The van der Waals surface area contributed by atoms with Gasteiger partial charge in [-0.25, -0.2) is 4.39 Å². The Hall–Kier alpha value is -2.60. The van der Waals surface area contributed by atoms with Crippen molar-refractivity contribution in [1.29, 1.82) is 0 Å². The molecular weight excluding hydrogens is 359 g/mol. The SMILES string of the molecule is COc1ccc[c]c1OCCCN1CCC(c2noc3cc(F)ccc23)CC1. The van der Waals surface area contributed by atoms with Crippen molar-refractivity contribution in [2.45, 2.75) is 25.2 Å². The van der Waals surface area contributed by atoms with Crippen LogP contribution in [0.2, 0.25) is 0 Å². The van der Waals surface area contributed by atoms with Crippen LogP contribution in [0.15, 0.2) is 40.9 Å².